The third-order valence-corrected chi connectivity index (χ3v) is 5.27. The summed E-state index contributed by atoms with van der Waals surface area (Å²) >= 11 is 0. The third kappa shape index (κ3) is 2.22. The highest BCUT2D eigenvalue weighted by atomic mass is 16.4. The molecule has 23 heavy (non-hydrogen) atoms. The van der Waals surface area contributed by atoms with E-state index in [1.54, 1.807) is 6.07 Å². The van der Waals surface area contributed by atoms with Crippen molar-refractivity contribution in [1.82, 2.24) is 4.90 Å². The zero-order valence-corrected chi connectivity index (χ0v) is 12.8. The number of nitrogens with one attached hydrogen (secondary N) is 1. The number of likely N-dealkylation sites (tertiary alicyclic amines) is 1. The fourth-order valence-electron chi connectivity index (χ4n) is 4.12. The predicted molar refractivity (Wildman–Crippen MR) is 84.0 cm³/mol. The lowest BCUT2D eigenvalue weighted by Gasteiger charge is -2.38. The second kappa shape index (κ2) is 5.41. The molecule has 0 spiro atoms. The van der Waals surface area contributed by atoms with Crippen LogP contribution in [-0.2, 0) is 4.79 Å². The Labute approximate surface area is 135 Å². The standard InChI is InChI=1S/C18H20N2O3/c21-17(20-9-1-2-10-20)14-8-4-6-12-11-5-3-7-13(11)16(18(22)23)19-15(12)14/h3-6,8,11,13,16,19H,1-2,7,9-10H2,(H,22,23)/p-1/t11-,13-,16-/m1/s1. The Balaban J connectivity index is 1.77. The van der Waals surface area contributed by atoms with E-state index in [9.17, 15) is 14.7 Å². The number of carboxylic acid groups (broad SMARTS) is 1. The van der Waals surface area contributed by atoms with Gasteiger partial charge in [-0.1, -0.05) is 24.3 Å². The van der Waals surface area contributed by atoms with Crippen LogP contribution in [0, 0.1) is 5.92 Å². The van der Waals surface area contributed by atoms with Gasteiger partial charge in [-0.25, -0.2) is 0 Å². The van der Waals surface area contributed by atoms with Gasteiger partial charge in [0, 0.05) is 19.0 Å². The number of para-hydroxylation sites is 1. The molecule has 120 valence electrons. The number of aliphatic carboxylic acids is 1. The highest BCUT2D eigenvalue weighted by Gasteiger charge is 2.39. The molecule has 1 fully saturated rings. The summed E-state index contributed by atoms with van der Waals surface area (Å²) in [4.78, 5) is 26.2. The minimum absolute atomic E-state index is 0.00984. The SMILES string of the molecule is O=C([O-])[C@@H]1Nc2c(C(=O)N3CCCC3)cccc2[C@H]2C=CC[C@H]21. The number of fused-ring (bicyclic) bond motifs is 3. The molecule has 3 aliphatic rings. The van der Waals surface area contributed by atoms with Crippen molar-refractivity contribution < 1.29 is 14.7 Å². The fraction of sp³-hybridized carbons (Fsp3) is 0.444. The first-order chi connectivity index (χ1) is 11.2. The molecule has 2 heterocycles. The van der Waals surface area contributed by atoms with Crippen LogP contribution in [0.3, 0.4) is 0 Å². The van der Waals surface area contributed by atoms with E-state index in [0.29, 0.717) is 11.3 Å². The predicted octanol–water partition coefficient (Wildman–Crippen LogP) is 1.13. The van der Waals surface area contributed by atoms with E-state index in [-0.39, 0.29) is 17.7 Å². The van der Waals surface area contributed by atoms with Crippen molar-refractivity contribution in [2.75, 3.05) is 18.4 Å². The van der Waals surface area contributed by atoms with E-state index >= 15 is 0 Å². The first kappa shape index (κ1) is 14.3. The van der Waals surface area contributed by atoms with Gasteiger partial charge >= 0.3 is 0 Å². The monoisotopic (exact) mass is 311 g/mol. The van der Waals surface area contributed by atoms with Crippen LogP contribution in [0.15, 0.2) is 30.4 Å². The Morgan fingerprint density at radius 2 is 2.00 bits per heavy atom. The molecule has 1 amide bonds. The number of carbonyl (C=O) groups excluding carboxylic acids is 2. The fourth-order valence-corrected chi connectivity index (χ4v) is 4.12. The molecule has 1 aromatic rings. The van der Waals surface area contributed by atoms with Crippen LogP contribution in [0.4, 0.5) is 5.69 Å². The topological polar surface area (TPSA) is 72.5 Å². The molecule has 1 aromatic carbocycles. The van der Waals surface area contributed by atoms with Crippen molar-refractivity contribution in [2.24, 2.45) is 5.92 Å². The smallest absolute Gasteiger partial charge is 0.255 e. The second-order valence-corrected chi connectivity index (χ2v) is 6.56. The highest BCUT2D eigenvalue weighted by molar-refractivity contribution is 6.01. The van der Waals surface area contributed by atoms with E-state index in [1.165, 1.54) is 0 Å². The van der Waals surface area contributed by atoms with Gasteiger partial charge in [-0.2, -0.15) is 0 Å². The lowest BCUT2D eigenvalue weighted by molar-refractivity contribution is -0.308. The minimum atomic E-state index is -1.10. The molecule has 0 saturated carbocycles. The van der Waals surface area contributed by atoms with Gasteiger partial charge in [0.05, 0.1) is 23.3 Å². The molecule has 0 bridgehead atoms. The Morgan fingerprint density at radius 3 is 2.74 bits per heavy atom. The summed E-state index contributed by atoms with van der Waals surface area (Å²) in [7, 11) is 0. The number of hydrogen-bond acceptors (Lipinski definition) is 4. The van der Waals surface area contributed by atoms with E-state index < -0.39 is 12.0 Å². The lowest BCUT2D eigenvalue weighted by atomic mass is 9.78. The van der Waals surface area contributed by atoms with Crippen LogP contribution >= 0.6 is 0 Å². The van der Waals surface area contributed by atoms with Crippen molar-refractivity contribution in [1.29, 1.82) is 0 Å². The quantitative estimate of drug-likeness (QED) is 0.831. The van der Waals surface area contributed by atoms with Gasteiger partial charge in [-0.3, -0.25) is 4.79 Å². The molecule has 0 aromatic heterocycles. The molecule has 0 unspecified atom stereocenters. The second-order valence-electron chi connectivity index (χ2n) is 6.56. The number of allylic oxidation sites excluding steroid dienone is 2. The molecule has 1 aliphatic carbocycles. The van der Waals surface area contributed by atoms with Gasteiger partial charge in [0.2, 0.25) is 0 Å². The Hall–Kier alpha value is -2.30. The normalized spacial score (nSPS) is 28.2. The summed E-state index contributed by atoms with van der Waals surface area (Å²) < 4.78 is 0. The number of benzene rings is 1. The van der Waals surface area contributed by atoms with Crippen molar-refractivity contribution in [3.05, 3.63) is 41.5 Å². The third-order valence-electron chi connectivity index (χ3n) is 5.27. The number of hydrogen-bond donors (Lipinski definition) is 1. The molecule has 4 rings (SSSR count). The van der Waals surface area contributed by atoms with Crippen LogP contribution < -0.4 is 10.4 Å². The summed E-state index contributed by atoms with van der Waals surface area (Å²) in [5.74, 6) is -1.10. The van der Waals surface area contributed by atoms with Crippen molar-refractivity contribution in [3.63, 3.8) is 0 Å². The van der Waals surface area contributed by atoms with E-state index in [1.807, 2.05) is 23.1 Å². The lowest BCUT2D eigenvalue weighted by Crippen LogP contribution is -2.49. The molecule has 2 aliphatic heterocycles. The van der Waals surface area contributed by atoms with Gasteiger partial charge in [0.25, 0.3) is 5.91 Å². The number of carboxylic acids is 1. The first-order valence-corrected chi connectivity index (χ1v) is 8.23. The van der Waals surface area contributed by atoms with Gasteiger partial charge < -0.3 is 20.1 Å². The Morgan fingerprint density at radius 1 is 1.22 bits per heavy atom. The van der Waals surface area contributed by atoms with Gasteiger partial charge in [0.15, 0.2) is 0 Å². The van der Waals surface area contributed by atoms with E-state index in [2.05, 4.69) is 11.4 Å². The summed E-state index contributed by atoms with van der Waals surface area (Å²) in [5, 5.41) is 14.6. The highest BCUT2D eigenvalue weighted by Crippen LogP contribution is 2.45. The zero-order chi connectivity index (χ0) is 16.0. The molecular formula is C18H19N2O3-. The maximum atomic E-state index is 12.8. The molecule has 0 radical (unpaired) electrons. The van der Waals surface area contributed by atoms with Crippen molar-refractivity contribution >= 4 is 17.6 Å². The molecule has 1 N–H and O–H groups in total. The van der Waals surface area contributed by atoms with Crippen molar-refractivity contribution in [2.45, 2.75) is 31.2 Å². The number of rotatable bonds is 2. The molecule has 3 atom stereocenters. The van der Waals surface area contributed by atoms with Crippen molar-refractivity contribution in [3.8, 4) is 0 Å². The van der Waals surface area contributed by atoms with Crippen LogP contribution in [0.1, 0.15) is 41.1 Å². The largest absolute Gasteiger partial charge is 0.548 e. The van der Waals surface area contributed by atoms with Gasteiger partial charge in [-0.15, -0.1) is 0 Å². The average Bonchev–Trinajstić information content (AvgIpc) is 3.23. The van der Waals surface area contributed by atoms with Gasteiger partial charge in [0.1, 0.15) is 0 Å². The molecule has 1 saturated heterocycles. The molecular weight excluding hydrogens is 292 g/mol. The van der Waals surface area contributed by atoms with Crippen LogP contribution in [0.2, 0.25) is 0 Å². The number of nitrogens with zero attached hydrogens (tertiary/aromatic N) is 1. The molecule has 5 nitrogen and oxygen atoms in total. The van der Waals surface area contributed by atoms with Crippen LogP contribution in [0.5, 0.6) is 0 Å². The van der Waals surface area contributed by atoms with E-state index in [0.717, 1.165) is 37.9 Å². The van der Waals surface area contributed by atoms with Gasteiger partial charge in [-0.05, 0) is 36.8 Å². The van der Waals surface area contributed by atoms with Crippen LogP contribution in [0.25, 0.3) is 0 Å². The van der Waals surface area contributed by atoms with Crippen LogP contribution in [-0.4, -0.2) is 35.9 Å². The maximum Gasteiger partial charge on any atom is 0.255 e. The average molecular weight is 311 g/mol. The summed E-state index contributed by atoms with van der Waals surface area (Å²) in [5.41, 5.74) is 2.27. The summed E-state index contributed by atoms with van der Waals surface area (Å²) in [6.07, 6.45) is 6.87. The van der Waals surface area contributed by atoms with E-state index in [4.69, 9.17) is 0 Å². The number of amides is 1. The summed E-state index contributed by atoms with van der Waals surface area (Å²) in [6.45, 7) is 1.55. The molecule has 5 heteroatoms. The maximum absolute atomic E-state index is 12.8. The summed E-state index contributed by atoms with van der Waals surface area (Å²) in [6, 6.07) is 4.92. The minimum Gasteiger partial charge on any atom is -0.548 e. The number of anilines is 1. The Bertz CT molecular complexity index is 692. The zero-order valence-electron chi connectivity index (χ0n) is 12.8. The Kier molecular flexibility index (Phi) is 3.36. The number of carbonyl (C=O) groups is 2. The first-order valence-electron chi connectivity index (χ1n) is 8.23.